The molecule has 5 nitrogen and oxygen atoms in total. The maximum atomic E-state index is 4.53. The van der Waals surface area contributed by atoms with Gasteiger partial charge in [-0.15, -0.1) is 0 Å². The first-order chi connectivity index (χ1) is 11.1. The van der Waals surface area contributed by atoms with Crippen molar-refractivity contribution in [1.29, 1.82) is 0 Å². The van der Waals surface area contributed by atoms with Crippen LogP contribution < -0.4 is 10.2 Å². The van der Waals surface area contributed by atoms with Gasteiger partial charge in [-0.05, 0) is 44.7 Å². The van der Waals surface area contributed by atoms with Gasteiger partial charge in [-0.25, -0.2) is 15.0 Å². The van der Waals surface area contributed by atoms with E-state index < -0.39 is 0 Å². The van der Waals surface area contributed by atoms with E-state index in [1.807, 2.05) is 13.1 Å². The van der Waals surface area contributed by atoms with Crippen molar-refractivity contribution in [3.8, 4) is 0 Å². The molecule has 0 spiro atoms. The van der Waals surface area contributed by atoms with Crippen LogP contribution >= 0.6 is 0 Å². The van der Waals surface area contributed by atoms with Crippen LogP contribution in [-0.2, 0) is 6.42 Å². The molecule has 0 aromatic carbocycles. The second-order valence-corrected chi connectivity index (χ2v) is 6.24. The zero-order valence-corrected chi connectivity index (χ0v) is 14.2. The Hall–Kier alpha value is -2.17. The second kappa shape index (κ2) is 6.94. The molecule has 1 saturated heterocycles. The van der Waals surface area contributed by atoms with E-state index in [0.717, 1.165) is 55.5 Å². The van der Waals surface area contributed by atoms with Gasteiger partial charge in [-0.3, -0.25) is 0 Å². The number of nitrogens with zero attached hydrogens (tertiary/aromatic N) is 4. The monoisotopic (exact) mass is 311 g/mol. The van der Waals surface area contributed by atoms with Crippen molar-refractivity contribution in [2.75, 3.05) is 23.3 Å². The van der Waals surface area contributed by atoms with Crippen molar-refractivity contribution < 1.29 is 0 Å². The minimum Gasteiger partial charge on any atom is -0.367 e. The number of nitrogens with one attached hydrogen (secondary N) is 1. The normalized spacial score (nSPS) is 15.7. The zero-order valence-electron chi connectivity index (χ0n) is 14.2. The molecule has 2 aromatic heterocycles. The van der Waals surface area contributed by atoms with Gasteiger partial charge in [-0.1, -0.05) is 13.0 Å². The highest BCUT2D eigenvalue weighted by Crippen LogP contribution is 2.20. The Morgan fingerprint density at radius 3 is 2.61 bits per heavy atom. The molecule has 1 N–H and O–H groups in total. The predicted molar refractivity (Wildman–Crippen MR) is 94.0 cm³/mol. The molecule has 122 valence electrons. The number of piperidine rings is 1. The van der Waals surface area contributed by atoms with Crippen molar-refractivity contribution in [3.05, 3.63) is 41.5 Å². The molecule has 1 aliphatic heterocycles. The van der Waals surface area contributed by atoms with Crippen molar-refractivity contribution in [2.45, 2.75) is 46.1 Å². The summed E-state index contributed by atoms with van der Waals surface area (Å²) in [6.45, 7) is 8.20. The maximum absolute atomic E-state index is 4.53. The van der Waals surface area contributed by atoms with Crippen LogP contribution in [-0.4, -0.2) is 34.1 Å². The third-order valence-electron chi connectivity index (χ3n) is 4.32. The maximum Gasteiger partial charge on any atom is 0.130 e. The molecule has 0 aliphatic carbocycles. The van der Waals surface area contributed by atoms with Gasteiger partial charge >= 0.3 is 0 Å². The van der Waals surface area contributed by atoms with Crippen LogP contribution in [0.1, 0.15) is 36.8 Å². The summed E-state index contributed by atoms with van der Waals surface area (Å²) in [5, 5.41) is 3.58. The second-order valence-electron chi connectivity index (χ2n) is 6.24. The molecule has 0 atom stereocenters. The van der Waals surface area contributed by atoms with E-state index >= 15 is 0 Å². The van der Waals surface area contributed by atoms with E-state index in [1.165, 1.54) is 5.56 Å². The molecule has 0 radical (unpaired) electrons. The Kier molecular flexibility index (Phi) is 4.74. The first-order valence-electron chi connectivity index (χ1n) is 8.42. The summed E-state index contributed by atoms with van der Waals surface area (Å²) < 4.78 is 0. The smallest absolute Gasteiger partial charge is 0.130 e. The van der Waals surface area contributed by atoms with Gasteiger partial charge in [0.15, 0.2) is 0 Å². The highest BCUT2D eigenvalue weighted by molar-refractivity contribution is 5.41. The molecule has 3 rings (SSSR count). The Labute approximate surface area is 138 Å². The van der Waals surface area contributed by atoms with E-state index in [9.17, 15) is 0 Å². The summed E-state index contributed by atoms with van der Waals surface area (Å²) in [5.41, 5.74) is 2.30. The molecule has 1 fully saturated rings. The van der Waals surface area contributed by atoms with Crippen LogP contribution in [0.4, 0.5) is 11.6 Å². The largest absolute Gasteiger partial charge is 0.367 e. The molecule has 3 heterocycles. The van der Waals surface area contributed by atoms with E-state index in [0.29, 0.717) is 6.04 Å². The molecule has 2 aromatic rings. The summed E-state index contributed by atoms with van der Waals surface area (Å²) >= 11 is 0. The topological polar surface area (TPSA) is 53.9 Å². The van der Waals surface area contributed by atoms with Crippen LogP contribution in [0.25, 0.3) is 0 Å². The number of rotatable bonds is 4. The standard InChI is InChI=1S/C18H25N5/c1-4-15-11-17(21-14(3)20-15)22-16-7-9-23(10-8-16)18-6-5-13(2)12-19-18/h5-6,11-12,16H,4,7-10H2,1-3H3,(H,20,21,22). The van der Waals surface area contributed by atoms with E-state index in [1.54, 1.807) is 0 Å². The van der Waals surface area contributed by atoms with Gasteiger partial charge in [0, 0.05) is 37.1 Å². The fourth-order valence-corrected chi connectivity index (χ4v) is 2.99. The fraction of sp³-hybridized carbons (Fsp3) is 0.500. The van der Waals surface area contributed by atoms with E-state index in [4.69, 9.17) is 0 Å². The average Bonchev–Trinajstić information content (AvgIpc) is 2.56. The molecule has 5 heteroatoms. The van der Waals surface area contributed by atoms with E-state index in [2.05, 4.69) is 57.2 Å². The third kappa shape index (κ3) is 3.97. The number of pyridine rings is 1. The van der Waals surface area contributed by atoms with Crippen LogP contribution in [0, 0.1) is 13.8 Å². The quantitative estimate of drug-likeness (QED) is 0.940. The summed E-state index contributed by atoms with van der Waals surface area (Å²) in [6, 6.07) is 6.78. The molecular weight excluding hydrogens is 286 g/mol. The van der Waals surface area contributed by atoms with Gasteiger partial charge in [-0.2, -0.15) is 0 Å². The summed E-state index contributed by atoms with van der Waals surface area (Å²) in [5.74, 6) is 2.88. The highest BCUT2D eigenvalue weighted by atomic mass is 15.2. The molecule has 0 saturated carbocycles. The van der Waals surface area contributed by atoms with Crippen LogP contribution in [0.2, 0.25) is 0 Å². The lowest BCUT2D eigenvalue weighted by Crippen LogP contribution is -2.39. The molecule has 0 amide bonds. The Morgan fingerprint density at radius 1 is 1.17 bits per heavy atom. The van der Waals surface area contributed by atoms with Gasteiger partial charge < -0.3 is 10.2 Å². The van der Waals surface area contributed by atoms with Crippen LogP contribution in [0.15, 0.2) is 24.4 Å². The number of aryl methyl sites for hydroxylation is 3. The SMILES string of the molecule is CCc1cc(NC2CCN(c3ccc(C)cn3)CC2)nc(C)n1. The molecule has 0 unspecified atom stereocenters. The Bertz CT molecular complexity index is 645. The fourth-order valence-electron chi connectivity index (χ4n) is 2.99. The number of anilines is 2. The van der Waals surface area contributed by atoms with Crippen molar-refractivity contribution in [3.63, 3.8) is 0 Å². The molecular formula is C18H25N5. The average molecular weight is 311 g/mol. The zero-order chi connectivity index (χ0) is 16.2. The minimum atomic E-state index is 0.468. The lowest BCUT2D eigenvalue weighted by atomic mass is 10.0. The van der Waals surface area contributed by atoms with Crippen LogP contribution in [0.5, 0.6) is 0 Å². The number of aromatic nitrogens is 3. The van der Waals surface area contributed by atoms with Gasteiger partial charge in [0.25, 0.3) is 0 Å². The summed E-state index contributed by atoms with van der Waals surface area (Å²) in [6.07, 6.45) is 5.07. The van der Waals surface area contributed by atoms with Gasteiger partial charge in [0.2, 0.25) is 0 Å². The van der Waals surface area contributed by atoms with Crippen LogP contribution in [0.3, 0.4) is 0 Å². The van der Waals surface area contributed by atoms with E-state index in [-0.39, 0.29) is 0 Å². The third-order valence-corrected chi connectivity index (χ3v) is 4.32. The van der Waals surface area contributed by atoms with Gasteiger partial charge in [0.1, 0.15) is 17.5 Å². The minimum absolute atomic E-state index is 0.468. The van der Waals surface area contributed by atoms with Crippen molar-refractivity contribution >= 4 is 11.6 Å². The Morgan fingerprint density at radius 2 is 1.96 bits per heavy atom. The Balaban J connectivity index is 1.59. The predicted octanol–water partition coefficient (Wildman–Crippen LogP) is 3.13. The van der Waals surface area contributed by atoms with Gasteiger partial charge in [0.05, 0.1) is 0 Å². The highest BCUT2D eigenvalue weighted by Gasteiger charge is 2.20. The number of hydrogen-bond donors (Lipinski definition) is 1. The first-order valence-corrected chi connectivity index (χ1v) is 8.42. The molecule has 23 heavy (non-hydrogen) atoms. The van der Waals surface area contributed by atoms with Crippen molar-refractivity contribution in [2.24, 2.45) is 0 Å². The van der Waals surface area contributed by atoms with Crippen molar-refractivity contribution in [1.82, 2.24) is 15.0 Å². The lowest BCUT2D eigenvalue weighted by Gasteiger charge is -2.33. The molecule has 0 bridgehead atoms. The number of hydrogen-bond acceptors (Lipinski definition) is 5. The first kappa shape index (κ1) is 15.7. The summed E-state index contributed by atoms with van der Waals surface area (Å²) in [4.78, 5) is 15.8. The summed E-state index contributed by atoms with van der Waals surface area (Å²) in [7, 11) is 0. The molecule has 1 aliphatic rings. The lowest BCUT2D eigenvalue weighted by molar-refractivity contribution is 0.522.